The van der Waals surface area contributed by atoms with Crippen molar-refractivity contribution < 1.29 is 43.8 Å². The van der Waals surface area contributed by atoms with Crippen LogP contribution >= 0.6 is 11.6 Å². The smallest absolute Gasteiger partial charge is 0.251 e. The number of carbonyl (C=O) groups is 7. The van der Waals surface area contributed by atoms with Crippen LogP contribution in [0.15, 0.2) is 84.9 Å². The molecule has 4 aromatic carbocycles. The van der Waals surface area contributed by atoms with Gasteiger partial charge in [0, 0.05) is 36.2 Å². The van der Waals surface area contributed by atoms with Crippen LogP contribution in [-0.4, -0.2) is 118 Å². The Balaban J connectivity index is 1.28. The third-order valence-electron chi connectivity index (χ3n) is 12.0. The van der Waals surface area contributed by atoms with E-state index in [1.807, 2.05) is 12.1 Å². The number of carbonyl (C=O) groups excluding carboxylic acids is 7. The zero-order chi connectivity index (χ0) is 47.8. The van der Waals surface area contributed by atoms with Gasteiger partial charge >= 0.3 is 0 Å². The number of nitrogens with two attached hydrogens (primary N) is 2. The first kappa shape index (κ1) is 48.6. The number of likely N-dealkylation sites (tertiary alicyclic amines) is 1. The van der Waals surface area contributed by atoms with Gasteiger partial charge in [-0.1, -0.05) is 54.1 Å². The lowest BCUT2D eigenvalue weighted by Gasteiger charge is -2.32. The number of primary amides is 1. The Labute approximate surface area is 387 Å². The van der Waals surface area contributed by atoms with E-state index in [1.54, 1.807) is 73.7 Å². The fourth-order valence-electron chi connectivity index (χ4n) is 8.28. The molecule has 4 aromatic rings. The van der Waals surface area contributed by atoms with Crippen LogP contribution in [0.4, 0.5) is 0 Å². The summed E-state index contributed by atoms with van der Waals surface area (Å²) in [4.78, 5) is 97.9. The number of hydrogen-bond donors (Lipinski definition) is 8. The number of aromatic hydroxyl groups is 1. The molecule has 6 rings (SSSR count). The average Bonchev–Trinajstić information content (AvgIpc) is 3.70. The topological polar surface area (TPSA) is 267 Å². The van der Waals surface area contributed by atoms with Crippen LogP contribution in [0.2, 0.25) is 5.02 Å². The van der Waals surface area contributed by atoms with Crippen LogP contribution in [0.25, 0.3) is 22.3 Å². The van der Waals surface area contributed by atoms with Gasteiger partial charge in [-0.25, -0.2) is 0 Å². The number of unbranched alkanes of at least 4 members (excludes halogenated alkanes) is 1. The van der Waals surface area contributed by atoms with E-state index in [-0.39, 0.29) is 31.6 Å². The maximum atomic E-state index is 14.6. The molecule has 6 atom stereocenters. The lowest BCUT2D eigenvalue weighted by molar-refractivity contribution is -0.141. The Hall–Kier alpha value is -6.82. The summed E-state index contributed by atoms with van der Waals surface area (Å²) in [5, 5.41) is 32.7. The molecule has 1 saturated heterocycles. The van der Waals surface area contributed by atoms with Gasteiger partial charge in [-0.15, -0.1) is 0 Å². The monoisotopic (exact) mass is 922 g/mol. The zero-order valence-corrected chi connectivity index (χ0v) is 37.6. The first-order chi connectivity index (χ1) is 31.5. The van der Waals surface area contributed by atoms with Crippen molar-refractivity contribution in [3.8, 4) is 28.0 Å². The number of rotatable bonds is 13. The number of aliphatic hydroxyl groups excluding tert-OH is 1. The van der Waals surface area contributed by atoms with Gasteiger partial charge in [-0.05, 0) is 122 Å². The number of aryl methyl sites for hydroxylation is 1. The molecular formula is C48H55ClN8O9. The van der Waals surface area contributed by atoms with Crippen molar-refractivity contribution in [1.29, 1.82) is 0 Å². The van der Waals surface area contributed by atoms with Gasteiger partial charge < -0.3 is 52.7 Å². The largest absolute Gasteiger partial charge is 0.507 e. The number of phenolic OH excluding ortho intramolecular Hbond substituents is 1. The minimum absolute atomic E-state index is 0.0456. The fraction of sp³-hybridized carbons (Fsp3) is 0.354. The van der Waals surface area contributed by atoms with E-state index < -0.39 is 84.2 Å². The van der Waals surface area contributed by atoms with Crippen molar-refractivity contribution in [2.24, 2.45) is 11.5 Å². The molecule has 0 aliphatic carbocycles. The van der Waals surface area contributed by atoms with Crippen molar-refractivity contribution in [2.45, 2.75) is 82.3 Å². The first-order valence-corrected chi connectivity index (χ1v) is 22.1. The molecular weight excluding hydrogens is 868 g/mol. The fourth-order valence-corrected chi connectivity index (χ4v) is 8.41. The van der Waals surface area contributed by atoms with Gasteiger partial charge in [0.2, 0.25) is 35.4 Å². The van der Waals surface area contributed by atoms with Crippen LogP contribution in [-0.2, 0) is 35.2 Å². The predicted molar refractivity (Wildman–Crippen MR) is 246 cm³/mol. The summed E-state index contributed by atoms with van der Waals surface area (Å²) in [6.45, 7) is 3.04. The van der Waals surface area contributed by atoms with E-state index in [4.69, 9.17) is 23.1 Å². The van der Waals surface area contributed by atoms with Crippen molar-refractivity contribution in [1.82, 2.24) is 31.1 Å². The summed E-state index contributed by atoms with van der Waals surface area (Å²) >= 11 is 6.06. The van der Waals surface area contributed by atoms with Crippen LogP contribution in [0.5, 0.6) is 5.75 Å². The summed E-state index contributed by atoms with van der Waals surface area (Å²) in [5.41, 5.74) is 15.7. The molecule has 0 saturated carbocycles. The van der Waals surface area contributed by atoms with E-state index in [1.165, 1.54) is 24.9 Å². The number of fused-ring (bicyclic) bond motifs is 5. The second-order valence-corrected chi connectivity index (χ2v) is 17.1. The number of halogens is 1. The normalized spacial score (nSPS) is 20.0. The highest BCUT2D eigenvalue weighted by Gasteiger charge is 2.40. The molecule has 18 heteroatoms. The Morgan fingerprint density at radius 1 is 0.909 bits per heavy atom. The SMILES string of the molecule is Cc1ccc2cc1-c1cc(ccc1O)C[C@@H](C(=O)NCC(=O)N1CC[C@H](O)[C@H]1C(N)=O)NC(=O)[C@H](C)NC(=O)[C@H]2N(C)C(=O)[C@H](CCCCN)NC(=O)c1ccc(-c2ccc(Cl)cc2)cc1. The molecule has 0 radical (unpaired) electrons. The third kappa shape index (κ3) is 11.3. The average molecular weight is 923 g/mol. The van der Waals surface area contributed by atoms with Gasteiger partial charge in [-0.2, -0.15) is 0 Å². The van der Waals surface area contributed by atoms with E-state index >= 15 is 0 Å². The second kappa shape index (κ2) is 21.4. The molecule has 1 fully saturated rings. The van der Waals surface area contributed by atoms with E-state index in [9.17, 15) is 43.8 Å². The van der Waals surface area contributed by atoms with Crippen LogP contribution in [0.1, 0.15) is 65.7 Å². The highest BCUT2D eigenvalue weighted by molar-refractivity contribution is 6.30. The lowest BCUT2D eigenvalue weighted by Crippen LogP contribution is -2.56. The molecule has 7 amide bonds. The number of amides is 7. The molecule has 2 aliphatic rings. The summed E-state index contributed by atoms with van der Waals surface area (Å²) in [7, 11) is 1.43. The van der Waals surface area contributed by atoms with Crippen LogP contribution in [0.3, 0.4) is 0 Å². The molecule has 10 N–H and O–H groups in total. The van der Waals surface area contributed by atoms with E-state index in [2.05, 4.69) is 21.3 Å². The molecule has 4 bridgehead atoms. The van der Waals surface area contributed by atoms with Gasteiger partial charge in [0.15, 0.2) is 0 Å². The summed E-state index contributed by atoms with van der Waals surface area (Å²) in [6.07, 6.45) is 0.111. The zero-order valence-electron chi connectivity index (χ0n) is 36.9. The Kier molecular flexibility index (Phi) is 15.8. The number of nitrogens with zero attached hydrogens (tertiary/aromatic N) is 2. The summed E-state index contributed by atoms with van der Waals surface area (Å²) < 4.78 is 0. The molecule has 2 heterocycles. The molecule has 66 heavy (non-hydrogen) atoms. The number of nitrogens with one attached hydrogen (secondary N) is 4. The van der Waals surface area contributed by atoms with Crippen LogP contribution in [0, 0.1) is 6.92 Å². The minimum atomic E-state index is -1.37. The Bertz CT molecular complexity index is 2480. The van der Waals surface area contributed by atoms with Gasteiger partial charge in [0.25, 0.3) is 5.91 Å². The molecule has 0 unspecified atom stereocenters. The Morgan fingerprint density at radius 3 is 2.26 bits per heavy atom. The third-order valence-corrected chi connectivity index (χ3v) is 12.3. The number of hydrogen-bond acceptors (Lipinski definition) is 10. The maximum absolute atomic E-state index is 14.6. The van der Waals surface area contributed by atoms with Crippen LogP contribution < -0.4 is 32.7 Å². The maximum Gasteiger partial charge on any atom is 0.251 e. The van der Waals surface area contributed by atoms with Gasteiger partial charge in [-0.3, -0.25) is 33.6 Å². The van der Waals surface area contributed by atoms with Crippen molar-refractivity contribution >= 4 is 53.0 Å². The number of phenols is 1. The van der Waals surface area contributed by atoms with Gasteiger partial charge in [0.1, 0.15) is 36.0 Å². The number of benzene rings is 4. The standard InChI is InChI=1S/C48H55ClN8O9/c1-26-7-9-32-24-34(26)35-22-28(8-18-38(35)58)23-37(46(64)52-25-40(60)57-21-19-39(59)42(57)43(51)61)55-44(62)27(2)53-47(65)41(32)56(3)48(66)36(6-4-5-20-50)54-45(63)31-12-10-29(11-13-31)30-14-16-33(49)17-15-30/h7-18,22,24,27,36-37,39,41-42,58-59H,4-6,19-21,23,25,50H2,1-3H3,(H2,51,61)(H,52,64)(H,53,65)(H,54,63)(H,55,62)/t27-,36-,37-,39-,41-,42-/m0/s1. The van der Waals surface area contributed by atoms with Gasteiger partial charge in [0.05, 0.1) is 12.6 Å². The molecule has 2 aliphatic heterocycles. The molecule has 0 spiro atoms. The number of likely N-dealkylation sites (N-methyl/N-ethyl adjacent to an activating group) is 1. The highest BCUT2D eigenvalue weighted by atomic mass is 35.5. The lowest BCUT2D eigenvalue weighted by atomic mass is 9.91. The predicted octanol–water partition coefficient (Wildman–Crippen LogP) is 2.22. The highest BCUT2D eigenvalue weighted by Crippen LogP contribution is 2.36. The quantitative estimate of drug-likeness (QED) is 0.0907. The van der Waals surface area contributed by atoms with E-state index in [0.717, 1.165) is 16.0 Å². The molecule has 348 valence electrons. The Morgan fingerprint density at radius 2 is 1.59 bits per heavy atom. The molecule has 0 aromatic heterocycles. The van der Waals surface area contributed by atoms with Crippen molar-refractivity contribution in [2.75, 3.05) is 26.7 Å². The van der Waals surface area contributed by atoms with Crippen molar-refractivity contribution in [3.05, 3.63) is 112 Å². The van der Waals surface area contributed by atoms with E-state index in [0.29, 0.717) is 57.8 Å². The minimum Gasteiger partial charge on any atom is -0.507 e. The summed E-state index contributed by atoms with van der Waals surface area (Å²) in [5.74, 6) is -5.10. The van der Waals surface area contributed by atoms with Crippen molar-refractivity contribution in [3.63, 3.8) is 0 Å². The molecule has 17 nitrogen and oxygen atoms in total. The first-order valence-electron chi connectivity index (χ1n) is 21.7. The second-order valence-electron chi connectivity index (χ2n) is 16.7. The summed E-state index contributed by atoms with van der Waals surface area (Å²) in [6, 6.07) is 17.6. The number of aliphatic hydroxyl groups is 1.